The Kier molecular flexibility index (Phi) is 7.42. The van der Waals surface area contributed by atoms with Crippen LogP contribution >= 0.6 is 35.2 Å². The van der Waals surface area contributed by atoms with E-state index in [2.05, 4.69) is 15.6 Å². The largest absolute Gasteiger partial charge is 0.494 e. The number of aryl methyl sites for hydroxylation is 2. The fraction of sp³-hybridized carbons (Fsp3) is 0.190. The van der Waals surface area contributed by atoms with Gasteiger partial charge in [0, 0.05) is 16.0 Å². The van der Waals surface area contributed by atoms with Crippen molar-refractivity contribution in [2.45, 2.75) is 13.8 Å². The Morgan fingerprint density at radius 1 is 1.26 bits per heavy atom. The normalized spacial score (nSPS) is 10.5. The molecule has 3 rings (SSSR count). The summed E-state index contributed by atoms with van der Waals surface area (Å²) in [4.78, 5) is 16.5. The Morgan fingerprint density at radius 3 is 2.61 bits per heavy atom. The number of carbonyl (C=O) groups excluding carboxylic acids is 1. The molecular weight excluding hydrogens is 461 g/mol. The van der Waals surface area contributed by atoms with Crippen LogP contribution in [0.4, 0.5) is 9.52 Å². The summed E-state index contributed by atoms with van der Waals surface area (Å²) in [6.45, 7) is 3.52. The van der Waals surface area contributed by atoms with Crippen molar-refractivity contribution in [3.8, 4) is 22.8 Å². The Labute approximate surface area is 193 Å². The molecule has 0 saturated heterocycles. The van der Waals surface area contributed by atoms with Gasteiger partial charge in [-0.2, -0.15) is 0 Å². The molecule has 3 aromatic rings. The van der Waals surface area contributed by atoms with E-state index in [1.165, 1.54) is 30.6 Å². The highest BCUT2D eigenvalue weighted by molar-refractivity contribution is 7.80. The molecule has 6 nitrogen and oxygen atoms in total. The second-order valence-electron chi connectivity index (χ2n) is 6.55. The average molecular weight is 480 g/mol. The number of hydrogen-bond donors (Lipinski definition) is 2. The molecule has 1 aromatic heterocycles. The van der Waals surface area contributed by atoms with Crippen molar-refractivity contribution >= 4 is 51.3 Å². The molecule has 10 heteroatoms. The van der Waals surface area contributed by atoms with Gasteiger partial charge in [-0.3, -0.25) is 10.1 Å². The summed E-state index contributed by atoms with van der Waals surface area (Å²) >= 11 is 12.6. The molecule has 2 N–H and O–H groups in total. The summed E-state index contributed by atoms with van der Waals surface area (Å²) in [6.07, 6.45) is 0. The van der Waals surface area contributed by atoms with Crippen LogP contribution in [-0.2, 0) is 4.79 Å². The smallest absolute Gasteiger partial charge is 0.264 e. The average Bonchev–Trinajstić information content (AvgIpc) is 3.18. The molecule has 2 aromatic carbocycles. The maximum absolute atomic E-state index is 13.9. The first-order chi connectivity index (χ1) is 14.8. The molecule has 1 heterocycles. The van der Waals surface area contributed by atoms with Gasteiger partial charge in [0.25, 0.3) is 5.91 Å². The van der Waals surface area contributed by atoms with Gasteiger partial charge in [0.2, 0.25) is 0 Å². The maximum atomic E-state index is 13.9. The van der Waals surface area contributed by atoms with Gasteiger partial charge in [-0.1, -0.05) is 11.6 Å². The molecule has 0 fully saturated rings. The number of amides is 1. The highest BCUT2D eigenvalue weighted by atomic mass is 35.5. The fourth-order valence-corrected chi connectivity index (χ4v) is 3.83. The molecule has 31 heavy (non-hydrogen) atoms. The topological polar surface area (TPSA) is 72.5 Å². The van der Waals surface area contributed by atoms with Crippen molar-refractivity contribution in [2.24, 2.45) is 0 Å². The minimum absolute atomic E-state index is 0.0823. The van der Waals surface area contributed by atoms with Gasteiger partial charge in [-0.15, -0.1) is 11.3 Å². The van der Waals surface area contributed by atoms with Crippen LogP contribution in [0.1, 0.15) is 11.1 Å². The number of hydrogen-bond acceptors (Lipinski definition) is 6. The zero-order valence-corrected chi connectivity index (χ0v) is 19.3. The number of anilines is 1. The first kappa shape index (κ1) is 22.9. The van der Waals surface area contributed by atoms with E-state index in [1.54, 1.807) is 23.6 Å². The zero-order valence-electron chi connectivity index (χ0n) is 16.9. The van der Waals surface area contributed by atoms with Crippen LogP contribution in [-0.4, -0.2) is 29.7 Å². The number of thiocarbonyl (C=S) groups is 1. The lowest BCUT2D eigenvalue weighted by molar-refractivity contribution is -0.121. The van der Waals surface area contributed by atoms with Gasteiger partial charge in [0.05, 0.1) is 12.8 Å². The Morgan fingerprint density at radius 2 is 1.97 bits per heavy atom. The summed E-state index contributed by atoms with van der Waals surface area (Å²) in [5, 5.41) is 8.34. The van der Waals surface area contributed by atoms with Crippen molar-refractivity contribution in [3.63, 3.8) is 0 Å². The Bertz CT molecular complexity index is 1110. The quantitative estimate of drug-likeness (QED) is 0.478. The van der Waals surface area contributed by atoms with Crippen LogP contribution in [0.25, 0.3) is 11.3 Å². The van der Waals surface area contributed by atoms with Crippen LogP contribution in [0, 0.1) is 19.7 Å². The van der Waals surface area contributed by atoms with Gasteiger partial charge in [-0.25, -0.2) is 9.37 Å². The zero-order chi connectivity index (χ0) is 22.5. The van der Waals surface area contributed by atoms with Gasteiger partial charge >= 0.3 is 0 Å². The summed E-state index contributed by atoms with van der Waals surface area (Å²) in [6, 6.07) is 8.11. The van der Waals surface area contributed by atoms with Gasteiger partial charge in [0.15, 0.2) is 28.4 Å². The molecule has 0 spiro atoms. The Hall–Kier alpha value is -2.75. The molecule has 0 bridgehead atoms. The number of nitrogens with zero attached hydrogens (tertiary/aromatic N) is 1. The number of carbonyl (C=O) groups is 1. The number of rotatable bonds is 6. The van der Waals surface area contributed by atoms with E-state index in [0.29, 0.717) is 27.2 Å². The first-order valence-corrected chi connectivity index (χ1v) is 10.7. The summed E-state index contributed by atoms with van der Waals surface area (Å²) < 4.78 is 24.3. The number of benzene rings is 2. The molecule has 0 aliphatic carbocycles. The van der Waals surface area contributed by atoms with Crippen molar-refractivity contribution < 1.29 is 18.7 Å². The molecule has 162 valence electrons. The van der Waals surface area contributed by atoms with Gasteiger partial charge < -0.3 is 14.8 Å². The van der Waals surface area contributed by atoms with E-state index in [-0.39, 0.29) is 17.5 Å². The predicted octanol–water partition coefficient (Wildman–Crippen LogP) is 5.12. The third-order valence-electron chi connectivity index (χ3n) is 4.21. The Balaban J connectivity index is 1.54. The number of halogens is 2. The second kappa shape index (κ2) is 10.0. The monoisotopic (exact) mass is 479 g/mol. The van der Waals surface area contributed by atoms with E-state index in [4.69, 9.17) is 33.3 Å². The molecule has 0 radical (unpaired) electrons. The van der Waals surface area contributed by atoms with Crippen molar-refractivity contribution in [2.75, 3.05) is 19.0 Å². The highest BCUT2D eigenvalue weighted by Gasteiger charge is 2.12. The van der Waals surface area contributed by atoms with E-state index in [0.717, 1.165) is 11.1 Å². The van der Waals surface area contributed by atoms with E-state index in [9.17, 15) is 9.18 Å². The number of methoxy groups -OCH3 is 1. The van der Waals surface area contributed by atoms with Gasteiger partial charge in [-0.05, 0) is 67.5 Å². The summed E-state index contributed by atoms with van der Waals surface area (Å²) in [5.74, 6) is -0.190. The maximum Gasteiger partial charge on any atom is 0.264 e. The van der Waals surface area contributed by atoms with Crippen LogP contribution in [0.3, 0.4) is 0 Å². The highest BCUT2D eigenvalue weighted by Crippen LogP contribution is 2.28. The van der Waals surface area contributed by atoms with Crippen molar-refractivity contribution in [1.82, 2.24) is 10.3 Å². The third kappa shape index (κ3) is 5.90. The fourth-order valence-electron chi connectivity index (χ4n) is 2.72. The molecule has 0 aliphatic rings. The van der Waals surface area contributed by atoms with Crippen molar-refractivity contribution in [1.29, 1.82) is 0 Å². The lowest BCUT2D eigenvalue weighted by Gasteiger charge is -2.11. The van der Waals surface area contributed by atoms with Gasteiger partial charge in [0.1, 0.15) is 5.75 Å². The van der Waals surface area contributed by atoms with E-state index < -0.39 is 11.7 Å². The molecule has 0 aliphatic heterocycles. The minimum atomic E-state index is -0.476. The first-order valence-electron chi connectivity index (χ1n) is 9.06. The summed E-state index contributed by atoms with van der Waals surface area (Å²) in [7, 11) is 1.40. The van der Waals surface area contributed by atoms with Crippen LogP contribution < -0.4 is 20.1 Å². The summed E-state index contributed by atoms with van der Waals surface area (Å²) in [5.41, 5.74) is 2.90. The third-order valence-corrected chi connectivity index (χ3v) is 5.76. The number of aromatic nitrogens is 1. The molecular formula is C21H19ClFN3O3S2. The molecule has 1 amide bonds. The van der Waals surface area contributed by atoms with Crippen molar-refractivity contribution in [3.05, 3.63) is 57.7 Å². The van der Waals surface area contributed by atoms with Crippen LogP contribution in [0.15, 0.2) is 35.7 Å². The lowest BCUT2D eigenvalue weighted by Crippen LogP contribution is -2.37. The number of nitrogens with one attached hydrogen (secondary N) is 2. The predicted molar refractivity (Wildman–Crippen MR) is 125 cm³/mol. The molecule has 0 atom stereocenters. The second-order valence-corrected chi connectivity index (χ2v) is 8.19. The van der Waals surface area contributed by atoms with E-state index in [1.807, 2.05) is 13.8 Å². The lowest BCUT2D eigenvalue weighted by atomic mass is 10.1. The SMILES string of the molecule is COc1ccc(-c2csc(NC(=S)NC(=O)COc3cc(C)c(Cl)c(C)c3)n2)cc1F. The van der Waals surface area contributed by atoms with Crippen LogP contribution in [0.5, 0.6) is 11.5 Å². The standard InChI is InChI=1S/C21H19ClFN3O3S2/c1-11-6-14(7-12(2)19(11)22)29-9-18(27)25-20(30)26-21-24-16(10-31-21)13-4-5-17(28-3)15(23)8-13/h4-8,10H,9H2,1-3H3,(H2,24,25,26,27,30). The molecule has 0 unspecified atom stereocenters. The number of thiazole rings is 1. The van der Waals surface area contributed by atoms with E-state index >= 15 is 0 Å². The number of ether oxygens (including phenoxy) is 2. The minimum Gasteiger partial charge on any atom is -0.494 e. The van der Waals surface area contributed by atoms with Crippen LogP contribution in [0.2, 0.25) is 5.02 Å². The molecule has 0 saturated carbocycles.